The van der Waals surface area contributed by atoms with Crippen LogP contribution in [0.1, 0.15) is 13.8 Å². The van der Waals surface area contributed by atoms with Gasteiger partial charge in [0.2, 0.25) is 5.95 Å². The number of rotatable bonds is 7. The Hall–Kier alpha value is -2.57. The molecule has 0 aliphatic heterocycles. The first-order valence-electron chi connectivity index (χ1n) is 7.16. The first kappa shape index (κ1) is 15.8. The highest BCUT2D eigenvalue weighted by atomic mass is 16.5. The molecule has 1 N–H and O–H groups in total. The lowest BCUT2D eigenvalue weighted by molar-refractivity contribution is 0.341. The van der Waals surface area contributed by atoms with Crippen molar-refractivity contribution in [3.63, 3.8) is 0 Å². The number of aromatic nitrogens is 3. The van der Waals surface area contributed by atoms with Crippen LogP contribution in [0.4, 0.5) is 17.3 Å². The van der Waals surface area contributed by atoms with Gasteiger partial charge in [-0.25, -0.2) is 0 Å². The van der Waals surface area contributed by atoms with Gasteiger partial charge in [-0.1, -0.05) is 6.07 Å². The third-order valence-electron chi connectivity index (χ3n) is 3.19. The Balaban J connectivity index is 2.25. The minimum atomic E-state index is 0.203. The van der Waals surface area contributed by atoms with Crippen molar-refractivity contribution in [3.8, 4) is 12.0 Å². The van der Waals surface area contributed by atoms with Gasteiger partial charge < -0.3 is 19.7 Å². The van der Waals surface area contributed by atoms with Crippen LogP contribution in [0.2, 0.25) is 0 Å². The molecule has 0 fully saturated rings. The van der Waals surface area contributed by atoms with E-state index in [2.05, 4.69) is 51.1 Å². The molecule has 0 aliphatic carbocycles. The fourth-order valence-corrected chi connectivity index (χ4v) is 2.07. The second-order valence-corrected chi connectivity index (χ2v) is 4.48. The number of ether oxygens (including phenoxy) is 2. The highest BCUT2D eigenvalue weighted by Gasteiger charge is 2.08. The SMILES string of the molecule is CCN(CC)c1cccc(Nc2nc(OC)nc(OC)n2)c1. The average molecular weight is 303 g/mol. The van der Waals surface area contributed by atoms with E-state index in [-0.39, 0.29) is 12.0 Å². The molecule has 0 spiro atoms. The Morgan fingerprint density at radius 1 is 1.00 bits per heavy atom. The van der Waals surface area contributed by atoms with Gasteiger partial charge in [0.1, 0.15) is 0 Å². The zero-order chi connectivity index (χ0) is 15.9. The molecule has 1 heterocycles. The fourth-order valence-electron chi connectivity index (χ4n) is 2.07. The van der Waals surface area contributed by atoms with Crippen molar-refractivity contribution in [1.82, 2.24) is 15.0 Å². The van der Waals surface area contributed by atoms with Gasteiger partial charge >= 0.3 is 12.0 Å². The van der Waals surface area contributed by atoms with Crippen molar-refractivity contribution in [2.75, 3.05) is 37.5 Å². The van der Waals surface area contributed by atoms with Crippen LogP contribution in [0, 0.1) is 0 Å². The molecule has 0 unspecified atom stereocenters. The summed E-state index contributed by atoms with van der Waals surface area (Å²) >= 11 is 0. The van der Waals surface area contributed by atoms with Crippen LogP contribution in [-0.4, -0.2) is 42.3 Å². The van der Waals surface area contributed by atoms with E-state index in [1.807, 2.05) is 12.1 Å². The fraction of sp³-hybridized carbons (Fsp3) is 0.400. The van der Waals surface area contributed by atoms with E-state index in [0.717, 1.165) is 24.5 Å². The molecular weight excluding hydrogens is 282 g/mol. The van der Waals surface area contributed by atoms with Gasteiger partial charge in [0.15, 0.2) is 0 Å². The molecule has 1 aromatic carbocycles. The third-order valence-corrected chi connectivity index (χ3v) is 3.19. The molecule has 7 nitrogen and oxygen atoms in total. The maximum absolute atomic E-state index is 5.04. The molecule has 2 rings (SSSR count). The summed E-state index contributed by atoms with van der Waals surface area (Å²) in [5.74, 6) is 0.375. The zero-order valence-electron chi connectivity index (χ0n) is 13.3. The Kier molecular flexibility index (Phi) is 5.35. The van der Waals surface area contributed by atoms with Crippen molar-refractivity contribution in [3.05, 3.63) is 24.3 Å². The zero-order valence-corrected chi connectivity index (χ0v) is 13.3. The van der Waals surface area contributed by atoms with Gasteiger partial charge in [-0.3, -0.25) is 0 Å². The number of anilines is 3. The van der Waals surface area contributed by atoms with Crippen LogP contribution in [0.3, 0.4) is 0 Å². The molecule has 0 amide bonds. The first-order valence-corrected chi connectivity index (χ1v) is 7.16. The van der Waals surface area contributed by atoms with Gasteiger partial charge in [0.05, 0.1) is 14.2 Å². The summed E-state index contributed by atoms with van der Waals surface area (Å²) in [4.78, 5) is 14.6. The molecule has 0 saturated carbocycles. The predicted octanol–water partition coefficient (Wildman–Crippen LogP) is 2.48. The van der Waals surface area contributed by atoms with Crippen LogP contribution in [0.15, 0.2) is 24.3 Å². The molecule has 0 saturated heterocycles. The summed E-state index contributed by atoms with van der Waals surface area (Å²) in [6, 6.07) is 8.48. The molecule has 7 heteroatoms. The number of hydrogen-bond acceptors (Lipinski definition) is 7. The lowest BCUT2D eigenvalue weighted by Crippen LogP contribution is -2.21. The minimum Gasteiger partial charge on any atom is -0.467 e. The van der Waals surface area contributed by atoms with Crippen molar-refractivity contribution in [1.29, 1.82) is 0 Å². The lowest BCUT2D eigenvalue weighted by Gasteiger charge is -2.21. The summed E-state index contributed by atoms with van der Waals surface area (Å²) in [6.07, 6.45) is 0. The van der Waals surface area contributed by atoms with Gasteiger partial charge in [-0.15, -0.1) is 4.98 Å². The standard InChI is InChI=1S/C15H21N5O2/c1-5-20(6-2)12-9-7-8-11(10-12)16-13-17-14(21-3)19-15(18-13)22-4/h7-10H,5-6H2,1-4H3,(H,16,17,18,19). The van der Waals surface area contributed by atoms with Gasteiger partial charge in [-0.05, 0) is 32.0 Å². The summed E-state index contributed by atoms with van der Waals surface area (Å²) in [5, 5.41) is 3.15. The van der Waals surface area contributed by atoms with Gasteiger partial charge in [0, 0.05) is 24.5 Å². The van der Waals surface area contributed by atoms with Crippen LogP contribution in [-0.2, 0) is 0 Å². The molecular formula is C15H21N5O2. The molecule has 1 aromatic heterocycles. The van der Waals surface area contributed by atoms with Gasteiger partial charge in [0.25, 0.3) is 0 Å². The molecule has 0 aliphatic rings. The summed E-state index contributed by atoms with van der Waals surface area (Å²) in [7, 11) is 3.00. The Bertz CT molecular complexity index is 594. The van der Waals surface area contributed by atoms with E-state index in [1.165, 1.54) is 14.2 Å². The van der Waals surface area contributed by atoms with E-state index in [1.54, 1.807) is 0 Å². The van der Waals surface area contributed by atoms with E-state index < -0.39 is 0 Å². The molecule has 22 heavy (non-hydrogen) atoms. The quantitative estimate of drug-likeness (QED) is 0.842. The van der Waals surface area contributed by atoms with E-state index in [9.17, 15) is 0 Å². The van der Waals surface area contributed by atoms with E-state index in [0.29, 0.717) is 5.95 Å². The van der Waals surface area contributed by atoms with Crippen molar-refractivity contribution in [2.24, 2.45) is 0 Å². The van der Waals surface area contributed by atoms with Crippen molar-refractivity contribution < 1.29 is 9.47 Å². The smallest absolute Gasteiger partial charge is 0.324 e. The number of methoxy groups -OCH3 is 2. The molecule has 0 atom stereocenters. The Morgan fingerprint density at radius 3 is 2.18 bits per heavy atom. The minimum absolute atomic E-state index is 0.203. The van der Waals surface area contributed by atoms with Crippen LogP contribution < -0.4 is 19.7 Å². The molecule has 0 radical (unpaired) electrons. The molecule has 118 valence electrons. The molecule has 2 aromatic rings. The second kappa shape index (κ2) is 7.44. The van der Waals surface area contributed by atoms with Crippen molar-refractivity contribution in [2.45, 2.75) is 13.8 Å². The largest absolute Gasteiger partial charge is 0.467 e. The predicted molar refractivity (Wildman–Crippen MR) is 86.2 cm³/mol. The number of hydrogen-bond donors (Lipinski definition) is 1. The highest BCUT2D eigenvalue weighted by Crippen LogP contribution is 2.22. The number of nitrogens with zero attached hydrogens (tertiary/aromatic N) is 4. The number of benzene rings is 1. The normalized spacial score (nSPS) is 10.2. The third kappa shape index (κ3) is 3.75. The average Bonchev–Trinajstić information content (AvgIpc) is 2.56. The van der Waals surface area contributed by atoms with Crippen LogP contribution in [0.5, 0.6) is 12.0 Å². The van der Waals surface area contributed by atoms with Crippen LogP contribution >= 0.6 is 0 Å². The lowest BCUT2D eigenvalue weighted by atomic mass is 10.2. The van der Waals surface area contributed by atoms with Crippen molar-refractivity contribution >= 4 is 17.3 Å². The van der Waals surface area contributed by atoms with Crippen LogP contribution in [0.25, 0.3) is 0 Å². The topological polar surface area (TPSA) is 72.4 Å². The summed E-state index contributed by atoms with van der Waals surface area (Å²) < 4.78 is 10.1. The Labute approximate surface area is 130 Å². The van der Waals surface area contributed by atoms with E-state index in [4.69, 9.17) is 9.47 Å². The highest BCUT2D eigenvalue weighted by molar-refractivity contribution is 5.62. The molecule has 0 bridgehead atoms. The maximum atomic E-state index is 5.04. The van der Waals surface area contributed by atoms with Gasteiger partial charge in [-0.2, -0.15) is 9.97 Å². The Morgan fingerprint density at radius 2 is 1.64 bits per heavy atom. The summed E-state index contributed by atoms with van der Waals surface area (Å²) in [6.45, 7) is 6.16. The summed E-state index contributed by atoms with van der Waals surface area (Å²) in [5.41, 5.74) is 2.03. The van der Waals surface area contributed by atoms with E-state index >= 15 is 0 Å². The monoisotopic (exact) mass is 303 g/mol. The first-order chi connectivity index (χ1) is 10.7. The maximum Gasteiger partial charge on any atom is 0.324 e. The number of nitrogens with one attached hydrogen (secondary N) is 1. The second-order valence-electron chi connectivity index (χ2n) is 4.48.